The van der Waals surface area contributed by atoms with Crippen LogP contribution in [0.25, 0.3) is 0 Å². The van der Waals surface area contributed by atoms with Crippen molar-refractivity contribution in [2.24, 2.45) is 5.92 Å². The van der Waals surface area contributed by atoms with Crippen LogP contribution >= 0.6 is 0 Å². The lowest BCUT2D eigenvalue weighted by Gasteiger charge is -2.18. The summed E-state index contributed by atoms with van der Waals surface area (Å²) in [5.41, 5.74) is 2.88. The molecule has 0 spiro atoms. The van der Waals surface area contributed by atoms with Gasteiger partial charge in [-0.3, -0.25) is 9.59 Å². The molecule has 1 atom stereocenters. The maximum Gasteiger partial charge on any atom is 0.251 e. The van der Waals surface area contributed by atoms with Crippen molar-refractivity contribution in [3.05, 3.63) is 65.7 Å². The smallest absolute Gasteiger partial charge is 0.251 e. The fourth-order valence-electron chi connectivity index (χ4n) is 3.49. The molecule has 2 N–H and O–H groups in total. The summed E-state index contributed by atoms with van der Waals surface area (Å²) in [7, 11) is 1.62. The van der Waals surface area contributed by atoms with Crippen LogP contribution in [-0.2, 0) is 11.2 Å². The van der Waals surface area contributed by atoms with Gasteiger partial charge >= 0.3 is 0 Å². The molecule has 5 nitrogen and oxygen atoms in total. The Bertz CT molecular complexity index is 776. The van der Waals surface area contributed by atoms with Crippen molar-refractivity contribution in [2.45, 2.75) is 19.3 Å². The van der Waals surface area contributed by atoms with Gasteiger partial charge in [-0.15, -0.1) is 0 Å². The van der Waals surface area contributed by atoms with Crippen molar-refractivity contribution in [1.29, 1.82) is 0 Å². The van der Waals surface area contributed by atoms with E-state index in [2.05, 4.69) is 39.8 Å². The van der Waals surface area contributed by atoms with Gasteiger partial charge < -0.3 is 15.5 Å². The lowest BCUT2D eigenvalue weighted by Crippen LogP contribution is -2.31. The van der Waals surface area contributed by atoms with E-state index in [9.17, 15) is 9.59 Å². The van der Waals surface area contributed by atoms with Crippen molar-refractivity contribution in [3.63, 3.8) is 0 Å². The van der Waals surface area contributed by atoms with E-state index in [1.54, 1.807) is 13.1 Å². The fourth-order valence-corrected chi connectivity index (χ4v) is 3.49. The summed E-state index contributed by atoms with van der Waals surface area (Å²) in [5.74, 6) is 0.453. The summed E-state index contributed by atoms with van der Waals surface area (Å²) in [6.45, 7) is 2.75. The molecule has 0 radical (unpaired) electrons. The highest BCUT2D eigenvalue weighted by Crippen LogP contribution is 2.22. The molecule has 2 aromatic rings. The van der Waals surface area contributed by atoms with Crippen LogP contribution < -0.4 is 15.5 Å². The third kappa shape index (κ3) is 5.33. The first-order valence-electron chi connectivity index (χ1n) is 9.53. The summed E-state index contributed by atoms with van der Waals surface area (Å²) < 4.78 is 0. The number of anilines is 1. The van der Waals surface area contributed by atoms with Gasteiger partial charge in [-0.25, -0.2) is 0 Å². The van der Waals surface area contributed by atoms with Crippen LogP contribution in [0.15, 0.2) is 54.6 Å². The zero-order chi connectivity index (χ0) is 19.1. The zero-order valence-electron chi connectivity index (χ0n) is 15.8. The Morgan fingerprint density at radius 1 is 1.11 bits per heavy atom. The molecular weight excluding hydrogens is 338 g/mol. The summed E-state index contributed by atoms with van der Waals surface area (Å²) >= 11 is 0. The Hall–Kier alpha value is -2.82. The van der Waals surface area contributed by atoms with Gasteiger partial charge in [0.1, 0.15) is 0 Å². The molecule has 1 aliphatic heterocycles. The van der Waals surface area contributed by atoms with E-state index in [0.717, 1.165) is 31.6 Å². The number of amides is 2. The molecule has 1 unspecified atom stereocenters. The van der Waals surface area contributed by atoms with Gasteiger partial charge in [0.05, 0.1) is 0 Å². The Kier molecular flexibility index (Phi) is 6.47. The van der Waals surface area contributed by atoms with Gasteiger partial charge in [0.15, 0.2) is 0 Å². The van der Waals surface area contributed by atoms with Crippen LogP contribution in [0.2, 0.25) is 0 Å². The van der Waals surface area contributed by atoms with Crippen molar-refractivity contribution in [3.8, 4) is 0 Å². The van der Waals surface area contributed by atoms with Gasteiger partial charge in [-0.2, -0.15) is 0 Å². The third-order valence-electron chi connectivity index (χ3n) is 5.05. The molecule has 1 heterocycles. The first-order valence-corrected chi connectivity index (χ1v) is 9.53. The van der Waals surface area contributed by atoms with Crippen LogP contribution in [0.3, 0.4) is 0 Å². The average molecular weight is 365 g/mol. The zero-order valence-corrected chi connectivity index (χ0v) is 15.8. The quantitative estimate of drug-likeness (QED) is 0.793. The minimum absolute atomic E-state index is 0.0681. The molecule has 0 aromatic heterocycles. The molecule has 1 fully saturated rings. The molecule has 1 aliphatic rings. The number of para-hydroxylation sites is 1. The van der Waals surface area contributed by atoms with Crippen LogP contribution in [-0.4, -0.2) is 38.5 Å². The predicted octanol–water partition coefficient (Wildman–Crippen LogP) is 2.62. The number of rotatable bonds is 7. The molecule has 0 saturated carbocycles. The Balaban J connectivity index is 1.41. The van der Waals surface area contributed by atoms with Crippen molar-refractivity contribution < 1.29 is 9.59 Å². The number of benzene rings is 2. The summed E-state index contributed by atoms with van der Waals surface area (Å²) in [5, 5.41) is 5.69. The number of hydrogen-bond donors (Lipinski definition) is 2. The highest BCUT2D eigenvalue weighted by molar-refractivity contribution is 5.94. The standard InChI is InChI=1S/C22H27N3O2/c1-23-22(27)19-7-5-6-17(14-19)10-11-21(26)24-15-18-12-13-25(16-18)20-8-3-2-4-9-20/h2-9,14,18H,10-13,15-16H2,1H3,(H,23,27)(H,24,26). The number of carbonyl (C=O) groups is 2. The third-order valence-corrected chi connectivity index (χ3v) is 5.05. The molecule has 2 amide bonds. The van der Waals surface area contributed by atoms with Gasteiger partial charge in [0, 0.05) is 44.4 Å². The second-order valence-corrected chi connectivity index (χ2v) is 7.02. The molecule has 0 aliphatic carbocycles. The summed E-state index contributed by atoms with van der Waals surface area (Å²) in [6, 6.07) is 17.8. The molecule has 27 heavy (non-hydrogen) atoms. The minimum atomic E-state index is -0.106. The molecule has 5 heteroatoms. The number of nitrogens with one attached hydrogen (secondary N) is 2. The second kappa shape index (κ2) is 9.21. The SMILES string of the molecule is CNC(=O)c1cccc(CCC(=O)NCC2CCN(c3ccccc3)C2)c1. The number of aryl methyl sites for hydroxylation is 1. The van der Waals surface area contributed by atoms with E-state index in [1.165, 1.54) is 5.69 Å². The van der Waals surface area contributed by atoms with Gasteiger partial charge in [0.2, 0.25) is 5.91 Å². The van der Waals surface area contributed by atoms with E-state index < -0.39 is 0 Å². The van der Waals surface area contributed by atoms with Crippen LogP contribution in [0.5, 0.6) is 0 Å². The highest BCUT2D eigenvalue weighted by Gasteiger charge is 2.22. The first-order chi connectivity index (χ1) is 13.2. The average Bonchev–Trinajstić information content (AvgIpc) is 3.20. The molecule has 1 saturated heterocycles. The Morgan fingerprint density at radius 3 is 2.70 bits per heavy atom. The monoisotopic (exact) mass is 365 g/mol. The van der Waals surface area contributed by atoms with Gasteiger partial charge in [-0.05, 0) is 48.6 Å². The maximum atomic E-state index is 12.2. The molecule has 2 aromatic carbocycles. The highest BCUT2D eigenvalue weighted by atomic mass is 16.2. The topological polar surface area (TPSA) is 61.4 Å². The van der Waals surface area contributed by atoms with Crippen molar-refractivity contribution >= 4 is 17.5 Å². The van der Waals surface area contributed by atoms with Crippen molar-refractivity contribution in [1.82, 2.24) is 10.6 Å². The fraction of sp³-hybridized carbons (Fsp3) is 0.364. The summed E-state index contributed by atoms with van der Waals surface area (Å²) in [4.78, 5) is 26.3. The van der Waals surface area contributed by atoms with Gasteiger partial charge in [-0.1, -0.05) is 30.3 Å². The number of carbonyl (C=O) groups excluding carboxylic acids is 2. The summed E-state index contributed by atoms with van der Waals surface area (Å²) in [6.07, 6.45) is 2.17. The lowest BCUT2D eigenvalue weighted by atomic mass is 10.1. The van der Waals surface area contributed by atoms with Crippen LogP contribution in [0, 0.1) is 5.92 Å². The van der Waals surface area contributed by atoms with E-state index in [0.29, 0.717) is 24.3 Å². The molecular formula is C22H27N3O2. The maximum absolute atomic E-state index is 12.2. The largest absolute Gasteiger partial charge is 0.371 e. The number of nitrogens with zero attached hydrogens (tertiary/aromatic N) is 1. The second-order valence-electron chi connectivity index (χ2n) is 7.02. The lowest BCUT2D eigenvalue weighted by molar-refractivity contribution is -0.121. The normalized spacial score (nSPS) is 16.2. The molecule has 0 bridgehead atoms. The van der Waals surface area contributed by atoms with Crippen LogP contribution in [0.1, 0.15) is 28.8 Å². The predicted molar refractivity (Wildman–Crippen MR) is 108 cm³/mol. The van der Waals surface area contributed by atoms with E-state index in [-0.39, 0.29) is 11.8 Å². The Morgan fingerprint density at radius 2 is 1.93 bits per heavy atom. The van der Waals surface area contributed by atoms with E-state index >= 15 is 0 Å². The molecule has 3 rings (SSSR count). The van der Waals surface area contributed by atoms with E-state index in [4.69, 9.17) is 0 Å². The van der Waals surface area contributed by atoms with Gasteiger partial charge in [0.25, 0.3) is 5.91 Å². The first kappa shape index (κ1) is 19.0. The van der Waals surface area contributed by atoms with E-state index in [1.807, 2.05) is 24.3 Å². The minimum Gasteiger partial charge on any atom is -0.371 e. The Labute approximate surface area is 160 Å². The van der Waals surface area contributed by atoms with Crippen molar-refractivity contribution in [2.75, 3.05) is 31.6 Å². The van der Waals surface area contributed by atoms with Crippen LogP contribution in [0.4, 0.5) is 5.69 Å². The molecule has 142 valence electrons. The number of hydrogen-bond acceptors (Lipinski definition) is 3.